The van der Waals surface area contributed by atoms with E-state index in [1.165, 1.54) is 23.8 Å². The molecule has 0 aliphatic rings. The SMILES string of the molecule is COC(=O)CCc1cc(-c2ccc(F)cc2)n(C(=O)OC(C)(C)C)c1. The van der Waals surface area contributed by atoms with E-state index < -0.39 is 11.7 Å². The van der Waals surface area contributed by atoms with Crippen molar-refractivity contribution >= 4 is 12.1 Å². The van der Waals surface area contributed by atoms with E-state index in [2.05, 4.69) is 4.74 Å². The average molecular weight is 347 g/mol. The number of halogens is 1. The molecule has 2 rings (SSSR count). The molecule has 1 aromatic carbocycles. The molecule has 1 heterocycles. The Balaban J connectivity index is 2.36. The van der Waals surface area contributed by atoms with Crippen LogP contribution in [0.3, 0.4) is 0 Å². The van der Waals surface area contributed by atoms with Gasteiger partial charge in [-0.15, -0.1) is 0 Å². The first kappa shape index (κ1) is 18.7. The number of carbonyl (C=O) groups excluding carboxylic acids is 2. The molecule has 0 aliphatic carbocycles. The van der Waals surface area contributed by atoms with Crippen LogP contribution < -0.4 is 0 Å². The van der Waals surface area contributed by atoms with E-state index in [0.717, 1.165) is 5.56 Å². The standard InChI is InChI=1S/C19H22FNO4/c1-19(2,3)25-18(23)21-12-13(5-10-17(22)24-4)11-16(21)14-6-8-15(20)9-7-14/h6-9,11-12H,5,10H2,1-4H3. The molecular formula is C19H22FNO4. The van der Waals surface area contributed by atoms with Crippen LogP contribution in [0.5, 0.6) is 0 Å². The Hall–Kier alpha value is -2.63. The normalized spacial score (nSPS) is 11.2. The first-order chi connectivity index (χ1) is 11.7. The maximum atomic E-state index is 13.2. The number of nitrogens with zero attached hydrogens (tertiary/aromatic N) is 1. The molecule has 0 spiro atoms. The molecule has 0 saturated carbocycles. The predicted molar refractivity (Wildman–Crippen MR) is 91.8 cm³/mol. The lowest BCUT2D eigenvalue weighted by Crippen LogP contribution is -2.27. The highest BCUT2D eigenvalue weighted by Crippen LogP contribution is 2.25. The Bertz CT molecular complexity index is 757. The third-order valence-electron chi connectivity index (χ3n) is 3.45. The molecule has 0 radical (unpaired) electrons. The zero-order valence-corrected chi connectivity index (χ0v) is 14.8. The summed E-state index contributed by atoms with van der Waals surface area (Å²) < 4.78 is 24.6. The molecule has 0 N–H and O–H groups in total. The Kier molecular flexibility index (Phi) is 5.62. The van der Waals surface area contributed by atoms with Crippen molar-refractivity contribution in [2.75, 3.05) is 7.11 Å². The lowest BCUT2D eigenvalue weighted by atomic mass is 10.1. The third kappa shape index (κ3) is 5.17. The Morgan fingerprint density at radius 2 is 1.80 bits per heavy atom. The Morgan fingerprint density at radius 1 is 1.16 bits per heavy atom. The molecule has 5 nitrogen and oxygen atoms in total. The van der Waals surface area contributed by atoms with Gasteiger partial charge in [0.05, 0.1) is 12.8 Å². The fraction of sp³-hybridized carbons (Fsp3) is 0.368. The summed E-state index contributed by atoms with van der Waals surface area (Å²) in [6.07, 6.45) is 1.74. The van der Waals surface area contributed by atoms with Crippen LogP contribution in [0, 0.1) is 5.82 Å². The summed E-state index contributed by atoms with van der Waals surface area (Å²) in [5.41, 5.74) is 1.40. The molecule has 0 atom stereocenters. The van der Waals surface area contributed by atoms with Gasteiger partial charge in [-0.25, -0.2) is 9.18 Å². The number of esters is 1. The van der Waals surface area contributed by atoms with Gasteiger partial charge in [0, 0.05) is 12.6 Å². The summed E-state index contributed by atoms with van der Waals surface area (Å²) in [6.45, 7) is 5.35. The van der Waals surface area contributed by atoms with Crippen molar-refractivity contribution in [2.45, 2.75) is 39.2 Å². The van der Waals surface area contributed by atoms with Crippen molar-refractivity contribution in [3.05, 3.63) is 47.9 Å². The third-order valence-corrected chi connectivity index (χ3v) is 3.45. The summed E-state index contributed by atoms with van der Waals surface area (Å²) in [5, 5.41) is 0. The van der Waals surface area contributed by atoms with Crippen LogP contribution in [-0.2, 0) is 20.7 Å². The Morgan fingerprint density at radius 3 is 2.36 bits per heavy atom. The maximum absolute atomic E-state index is 13.2. The van der Waals surface area contributed by atoms with E-state index in [4.69, 9.17) is 4.74 Å². The van der Waals surface area contributed by atoms with Crippen LogP contribution >= 0.6 is 0 Å². The van der Waals surface area contributed by atoms with Crippen LogP contribution in [0.1, 0.15) is 32.8 Å². The number of benzene rings is 1. The van der Waals surface area contributed by atoms with Crippen molar-refractivity contribution in [1.29, 1.82) is 0 Å². The van der Waals surface area contributed by atoms with Gasteiger partial charge in [-0.1, -0.05) is 0 Å². The minimum absolute atomic E-state index is 0.206. The van der Waals surface area contributed by atoms with Crippen LogP contribution in [0.15, 0.2) is 36.5 Å². The Labute approximate surface area is 146 Å². The van der Waals surface area contributed by atoms with E-state index in [1.54, 1.807) is 45.2 Å². The first-order valence-electron chi connectivity index (χ1n) is 7.97. The molecule has 134 valence electrons. The second-order valence-electron chi connectivity index (χ2n) is 6.67. The van der Waals surface area contributed by atoms with E-state index in [9.17, 15) is 14.0 Å². The second kappa shape index (κ2) is 7.51. The van der Waals surface area contributed by atoms with Gasteiger partial charge >= 0.3 is 12.1 Å². The number of rotatable bonds is 4. The van der Waals surface area contributed by atoms with Gasteiger partial charge in [-0.05, 0) is 68.7 Å². The number of aromatic nitrogens is 1. The van der Waals surface area contributed by atoms with Gasteiger partial charge < -0.3 is 9.47 Å². The highest BCUT2D eigenvalue weighted by Gasteiger charge is 2.21. The quantitative estimate of drug-likeness (QED) is 0.779. The van der Waals surface area contributed by atoms with Crippen LogP contribution in [0.2, 0.25) is 0 Å². The summed E-state index contributed by atoms with van der Waals surface area (Å²) in [6, 6.07) is 7.64. The van der Waals surface area contributed by atoms with Crippen LogP contribution in [0.25, 0.3) is 11.3 Å². The van der Waals surface area contributed by atoms with E-state index in [1.807, 2.05) is 0 Å². The molecule has 0 aliphatic heterocycles. The highest BCUT2D eigenvalue weighted by molar-refractivity contribution is 5.79. The number of carbonyl (C=O) groups is 2. The molecule has 25 heavy (non-hydrogen) atoms. The zero-order chi connectivity index (χ0) is 18.6. The molecular weight excluding hydrogens is 325 g/mol. The molecule has 0 fully saturated rings. The van der Waals surface area contributed by atoms with E-state index >= 15 is 0 Å². The number of hydrogen-bond acceptors (Lipinski definition) is 4. The van der Waals surface area contributed by atoms with E-state index in [0.29, 0.717) is 17.7 Å². The minimum atomic E-state index is -0.645. The van der Waals surface area contributed by atoms with Gasteiger partial charge in [0.25, 0.3) is 0 Å². The lowest BCUT2D eigenvalue weighted by Gasteiger charge is -2.20. The largest absolute Gasteiger partial charge is 0.469 e. The number of hydrogen-bond donors (Lipinski definition) is 0. The average Bonchev–Trinajstić information content (AvgIpc) is 2.96. The van der Waals surface area contributed by atoms with Crippen LogP contribution in [-0.4, -0.2) is 29.3 Å². The van der Waals surface area contributed by atoms with Crippen LogP contribution in [0.4, 0.5) is 9.18 Å². The summed E-state index contributed by atoms with van der Waals surface area (Å²) >= 11 is 0. The molecule has 0 unspecified atom stereocenters. The van der Waals surface area contributed by atoms with Crippen molar-refractivity contribution in [1.82, 2.24) is 4.57 Å². The zero-order valence-electron chi connectivity index (χ0n) is 14.8. The number of aryl methyl sites for hydroxylation is 1. The van der Waals surface area contributed by atoms with Crippen molar-refractivity contribution in [3.8, 4) is 11.3 Å². The minimum Gasteiger partial charge on any atom is -0.469 e. The van der Waals surface area contributed by atoms with Crippen molar-refractivity contribution in [3.63, 3.8) is 0 Å². The second-order valence-corrected chi connectivity index (χ2v) is 6.67. The highest BCUT2D eigenvalue weighted by atomic mass is 19.1. The van der Waals surface area contributed by atoms with Gasteiger partial charge in [-0.3, -0.25) is 9.36 Å². The summed E-state index contributed by atoms with van der Waals surface area (Å²) in [4.78, 5) is 23.8. The van der Waals surface area contributed by atoms with E-state index in [-0.39, 0.29) is 18.2 Å². The molecule has 0 bridgehead atoms. The topological polar surface area (TPSA) is 57.5 Å². The molecule has 1 aromatic heterocycles. The number of ether oxygens (including phenoxy) is 2. The van der Waals surface area contributed by atoms with Crippen molar-refractivity contribution < 1.29 is 23.5 Å². The molecule has 6 heteroatoms. The smallest absolute Gasteiger partial charge is 0.418 e. The number of methoxy groups -OCH3 is 1. The fourth-order valence-corrected chi connectivity index (χ4v) is 2.31. The van der Waals surface area contributed by atoms with Gasteiger partial charge in [0.2, 0.25) is 0 Å². The molecule has 0 amide bonds. The van der Waals surface area contributed by atoms with Gasteiger partial charge in [-0.2, -0.15) is 0 Å². The van der Waals surface area contributed by atoms with Gasteiger partial charge in [0.15, 0.2) is 0 Å². The first-order valence-corrected chi connectivity index (χ1v) is 7.97. The fourth-order valence-electron chi connectivity index (χ4n) is 2.31. The lowest BCUT2D eigenvalue weighted by molar-refractivity contribution is -0.140. The maximum Gasteiger partial charge on any atom is 0.418 e. The molecule has 0 saturated heterocycles. The molecule has 2 aromatic rings. The predicted octanol–water partition coefficient (Wildman–Crippen LogP) is 4.18. The summed E-state index contributed by atoms with van der Waals surface area (Å²) in [5.74, 6) is -0.682. The van der Waals surface area contributed by atoms with Gasteiger partial charge in [0.1, 0.15) is 11.4 Å². The summed E-state index contributed by atoms with van der Waals surface area (Å²) in [7, 11) is 1.33. The monoisotopic (exact) mass is 347 g/mol. The van der Waals surface area contributed by atoms with Crippen molar-refractivity contribution in [2.24, 2.45) is 0 Å².